The molecular formula is C18H17ClN6O2S. The molecule has 0 radical (unpaired) electrons. The second-order valence-corrected chi connectivity index (χ2v) is 7.12. The third-order valence-electron chi connectivity index (χ3n) is 3.63. The van der Waals surface area contributed by atoms with Crippen molar-refractivity contribution in [2.24, 2.45) is 0 Å². The van der Waals surface area contributed by atoms with Gasteiger partial charge >= 0.3 is 6.03 Å². The number of urea groups is 1. The Balaban J connectivity index is 1.90. The van der Waals surface area contributed by atoms with E-state index in [1.165, 1.54) is 4.68 Å². The smallest absolute Gasteiger partial charge is 0.321 e. The summed E-state index contributed by atoms with van der Waals surface area (Å²) in [5.74, 6) is -0.470. The maximum atomic E-state index is 12.8. The number of carbonyl (C=O) groups is 2. The van der Waals surface area contributed by atoms with Crippen LogP contribution >= 0.6 is 23.4 Å². The van der Waals surface area contributed by atoms with Gasteiger partial charge in [0.2, 0.25) is 11.1 Å². The summed E-state index contributed by atoms with van der Waals surface area (Å²) in [5, 5.41) is 16.8. The van der Waals surface area contributed by atoms with Gasteiger partial charge in [-0.2, -0.15) is 4.68 Å². The second-order valence-electron chi connectivity index (χ2n) is 5.61. The normalized spacial score (nSPS) is 11.6. The van der Waals surface area contributed by atoms with Crippen LogP contribution in [0.5, 0.6) is 0 Å². The van der Waals surface area contributed by atoms with Crippen molar-refractivity contribution in [3.05, 3.63) is 65.2 Å². The van der Waals surface area contributed by atoms with Crippen molar-refractivity contribution >= 4 is 35.3 Å². The molecule has 3 rings (SSSR count). The van der Waals surface area contributed by atoms with Crippen molar-refractivity contribution in [3.8, 4) is 5.69 Å². The number of nitrogens with one attached hydrogen (secondary N) is 2. The first kappa shape index (κ1) is 19.8. The molecule has 0 bridgehead atoms. The summed E-state index contributed by atoms with van der Waals surface area (Å²) >= 11 is 7.19. The minimum absolute atomic E-state index is 0.391. The molecule has 1 heterocycles. The van der Waals surface area contributed by atoms with Crippen LogP contribution in [0.25, 0.3) is 5.69 Å². The van der Waals surface area contributed by atoms with Gasteiger partial charge in [0.25, 0.3) is 0 Å². The van der Waals surface area contributed by atoms with Crippen LogP contribution in [0.3, 0.4) is 0 Å². The molecule has 0 spiro atoms. The molecule has 0 aliphatic heterocycles. The lowest BCUT2D eigenvalue weighted by atomic mass is 10.1. The van der Waals surface area contributed by atoms with E-state index >= 15 is 0 Å². The zero-order chi connectivity index (χ0) is 19.9. The van der Waals surface area contributed by atoms with Crippen LogP contribution in [0.4, 0.5) is 4.79 Å². The van der Waals surface area contributed by atoms with Crippen molar-refractivity contribution in [3.63, 3.8) is 0 Å². The van der Waals surface area contributed by atoms with E-state index in [0.717, 1.165) is 17.3 Å². The number of carbonyl (C=O) groups excluding carboxylic acids is 2. The maximum Gasteiger partial charge on any atom is 0.321 e. The number of tetrazole rings is 1. The topological polar surface area (TPSA) is 102 Å². The Hall–Kier alpha value is -2.91. The molecule has 144 valence electrons. The van der Waals surface area contributed by atoms with Gasteiger partial charge < -0.3 is 5.32 Å². The predicted molar refractivity (Wildman–Crippen MR) is 106 cm³/mol. The largest absolute Gasteiger partial charge is 0.338 e. The molecule has 10 heteroatoms. The number of thioether (sulfide) groups is 1. The van der Waals surface area contributed by atoms with Gasteiger partial charge in [-0.15, -0.1) is 5.10 Å². The highest BCUT2D eigenvalue weighted by molar-refractivity contribution is 8.00. The molecule has 3 amide bonds. The summed E-state index contributed by atoms with van der Waals surface area (Å²) in [6.07, 6.45) is 0. The number of imide groups is 1. The first-order valence-electron chi connectivity index (χ1n) is 8.43. The van der Waals surface area contributed by atoms with Crippen molar-refractivity contribution in [1.29, 1.82) is 0 Å². The lowest BCUT2D eigenvalue weighted by Crippen LogP contribution is -2.41. The summed E-state index contributed by atoms with van der Waals surface area (Å²) in [4.78, 5) is 24.6. The highest BCUT2D eigenvalue weighted by atomic mass is 35.5. The lowest BCUT2D eigenvalue weighted by Gasteiger charge is -2.16. The van der Waals surface area contributed by atoms with Gasteiger partial charge in [0.15, 0.2) is 0 Å². The average molecular weight is 417 g/mol. The van der Waals surface area contributed by atoms with Crippen LogP contribution in [0.2, 0.25) is 5.02 Å². The van der Waals surface area contributed by atoms with E-state index in [0.29, 0.717) is 22.4 Å². The van der Waals surface area contributed by atoms with Gasteiger partial charge in [0.1, 0.15) is 5.25 Å². The fourth-order valence-corrected chi connectivity index (χ4v) is 3.59. The molecule has 0 saturated heterocycles. The Labute approximate surface area is 170 Å². The standard InChI is InChI=1S/C18H17ClN6O2S/c1-2-20-17(27)21-16(26)15(12-7-4-3-5-8-12)28-18-22-23-24-25(18)14-10-6-9-13(19)11-14/h3-11,15H,2H2,1H3,(H2,20,21,26,27)/t15-/m1/s1. The molecule has 0 fully saturated rings. The maximum absolute atomic E-state index is 12.8. The monoisotopic (exact) mass is 416 g/mol. The van der Waals surface area contributed by atoms with E-state index in [1.807, 2.05) is 30.3 Å². The van der Waals surface area contributed by atoms with Gasteiger partial charge in [-0.3, -0.25) is 10.1 Å². The Bertz CT molecular complexity index is 965. The van der Waals surface area contributed by atoms with Crippen LogP contribution in [0, 0.1) is 0 Å². The highest BCUT2D eigenvalue weighted by Gasteiger charge is 2.26. The number of amides is 3. The molecule has 28 heavy (non-hydrogen) atoms. The van der Waals surface area contributed by atoms with Crippen molar-refractivity contribution < 1.29 is 9.59 Å². The number of rotatable bonds is 6. The van der Waals surface area contributed by atoms with Crippen LogP contribution in [0.1, 0.15) is 17.7 Å². The van der Waals surface area contributed by atoms with Gasteiger partial charge in [-0.1, -0.05) is 59.8 Å². The third kappa shape index (κ3) is 4.87. The number of hydrogen-bond donors (Lipinski definition) is 2. The molecule has 0 unspecified atom stereocenters. The molecule has 2 N–H and O–H groups in total. The Morgan fingerprint density at radius 2 is 1.96 bits per heavy atom. The van der Waals surface area contributed by atoms with Gasteiger partial charge in [-0.05, 0) is 41.1 Å². The second kappa shape index (κ2) is 9.34. The molecular weight excluding hydrogens is 400 g/mol. The van der Waals surface area contributed by atoms with E-state index in [2.05, 4.69) is 26.2 Å². The summed E-state index contributed by atoms with van der Waals surface area (Å²) < 4.78 is 1.49. The molecule has 0 aliphatic carbocycles. The van der Waals surface area contributed by atoms with Crippen molar-refractivity contribution in [2.45, 2.75) is 17.3 Å². The number of aromatic nitrogens is 4. The van der Waals surface area contributed by atoms with E-state index in [4.69, 9.17) is 11.6 Å². The van der Waals surface area contributed by atoms with Gasteiger partial charge in [0, 0.05) is 11.6 Å². The Morgan fingerprint density at radius 1 is 1.18 bits per heavy atom. The summed E-state index contributed by atoms with van der Waals surface area (Å²) in [5.41, 5.74) is 1.38. The SMILES string of the molecule is CCNC(=O)NC(=O)[C@H](Sc1nnnn1-c1cccc(Cl)c1)c1ccccc1. The Morgan fingerprint density at radius 3 is 2.68 bits per heavy atom. The van der Waals surface area contributed by atoms with Crippen LogP contribution in [0.15, 0.2) is 59.8 Å². The van der Waals surface area contributed by atoms with Gasteiger partial charge in [-0.25, -0.2) is 4.79 Å². The van der Waals surface area contributed by atoms with E-state index in [1.54, 1.807) is 31.2 Å². The average Bonchev–Trinajstić information content (AvgIpc) is 3.15. The summed E-state index contributed by atoms with van der Waals surface area (Å²) in [7, 11) is 0. The van der Waals surface area contributed by atoms with Crippen LogP contribution in [-0.4, -0.2) is 38.7 Å². The number of benzene rings is 2. The highest BCUT2D eigenvalue weighted by Crippen LogP contribution is 2.35. The van der Waals surface area contributed by atoms with Crippen LogP contribution < -0.4 is 10.6 Å². The van der Waals surface area contributed by atoms with Crippen LogP contribution in [-0.2, 0) is 4.79 Å². The predicted octanol–water partition coefficient (Wildman–Crippen LogP) is 2.99. The molecule has 1 atom stereocenters. The third-order valence-corrected chi connectivity index (χ3v) is 5.05. The summed E-state index contributed by atoms with van der Waals surface area (Å²) in [6, 6.07) is 15.6. The van der Waals surface area contributed by atoms with E-state index in [9.17, 15) is 9.59 Å². The molecule has 0 saturated carbocycles. The number of halogens is 1. The molecule has 1 aromatic heterocycles. The first-order chi connectivity index (χ1) is 13.6. The fraction of sp³-hybridized carbons (Fsp3) is 0.167. The van der Waals surface area contributed by atoms with E-state index < -0.39 is 17.2 Å². The van der Waals surface area contributed by atoms with Crippen molar-refractivity contribution in [2.75, 3.05) is 6.54 Å². The molecule has 2 aromatic carbocycles. The molecule has 0 aliphatic rings. The number of nitrogens with zero attached hydrogens (tertiary/aromatic N) is 4. The summed E-state index contributed by atoms with van der Waals surface area (Å²) in [6.45, 7) is 2.18. The fourth-order valence-electron chi connectivity index (χ4n) is 2.41. The Kier molecular flexibility index (Phi) is 6.62. The quantitative estimate of drug-likeness (QED) is 0.599. The van der Waals surface area contributed by atoms with Gasteiger partial charge in [0.05, 0.1) is 5.69 Å². The molecule has 8 nitrogen and oxygen atoms in total. The minimum Gasteiger partial charge on any atom is -0.338 e. The van der Waals surface area contributed by atoms with E-state index in [-0.39, 0.29) is 0 Å². The first-order valence-corrected chi connectivity index (χ1v) is 9.69. The number of hydrogen-bond acceptors (Lipinski definition) is 6. The minimum atomic E-state index is -0.729. The zero-order valence-corrected chi connectivity index (χ0v) is 16.4. The zero-order valence-electron chi connectivity index (χ0n) is 14.9. The lowest BCUT2D eigenvalue weighted by molar-refractivity contribution is -0.119. The van der Waals surface area contributed by atoms with Crippen molar-refractivity contribution in [1.82, 2.24) is 30.8 Å². The molecule has 3 aromatic rings.